The van der Waals surface area contributed by atoms with Crippen molar-refractivity contribution < 1.29 is 33.8 Å². The van der Waals surface area contributed by atoms with E-state index >= 15 is 0 Å². The van der Waals surface area contributed by atoms with Crippen LogP contribution in [0.1, 0.15) is 69.3 Å². The van der Waals surface area contributed by atoms with Gasteiger partial charge in [0, 0.05) is 35.1 Å². The van der Waals surface area contributed by atoms with Crippen molar-refractivity contribution in [3.05, 3.63) is 82.3 Å². The molecule has 1 saturated carbocycles. The van der Waals surface area contributed by atoms with Gasteiger partial charge in [0.2, 0.25) is 0 Å². The molecule has 0 heterocycles. The molecule has 3 amide bonds. The van der Waals surface area contributed by atoms with Crippen molar-refractivity contribution in [3.8, 4) is 23.0 Å². The summed E-state index contributed by atoms with van der Waals surface area (Å²) >= 11 is 3.42. The molecule has 0 aromatic heterocycles. The number of ether oxygens (including phenoxy) is 3. The van der Waals surface area contributed by atoms with Crippen molar-refractivity contribution >= 4 is 40.1 Å². The van der Waals surface area contributed by atoms with Crippen LogP contribution in [0.2, 0.25) is 0 Å². The minimum Gasteiger partial charge on any atom is -0.457 e. The summed E-state index contributed by atoms with van der Waals surface area (Å²) in [6.45, 7) is 6.66. The normalized spacial score (nSPS) is 16.5. The largest absolute Gasteiger partial charge is 0.457 e. The second kappa shape index (κ2) is 15.0. The van der Waals surface area contributed by atoms with E-state index in [0.29, 0.717) is 47.0 Å². The van der Waals surface area contributed by atoms with Crippen LogP contribution in [0.15, 0.2) is 76.3 Å². The first-order valence-corrected chi connectivity index (χ1v) is 15.3. The van der Waals surface area contributed by atoms with Gasteiger partial charge in [-0.1, -0.05) is 15.9 Å². The summed E-state index contributed by atoms with van der Waals surface area (Å²) in [4.78, 5) is 36.7. The number of hydrogen-bond acceptors (Lipinski definition) is 8. The number of hydroxylamine groups is 1. The van der Waals surface area contributed by atoms with Crippen molar-refractivity contribution in [2.45, 2.75) is 71.1 Å². The first-order chi connectivity index (χ1) is 21.3. The molecule has 11 nitrogen and oxygen atoms in total. The number of nitrogens with zero attached hydrogens (tertiary/aromatic N) is 2. The number of amides is 3. The Morgan fingerprint density at radius 1 is 0.844 bits per heavy atom. The lowest BCUT2D eigenvalue weighted by Crippen LogP contribution is -2.45. The standard InChI is InChI=1S/C33H37BrN4O7/c1-21(39)38(42)35-20-22-5-13-27(14-6-22)43-29-17-23(18-30(19-29)44-28-15-7-24(34)8-16-28)31(40)36-25-9-11-26(12-10-25)37-32(41)45-33(2,3)4/h5-8,13-20,25-26,42H,9-12H2,1-4H3,(H,36,40)(H,37,41). The van der Waals surface area contributed by atoms with E-state index in [4.69, 9.17) is 14.2 Å². The quantitative estimate of drug-likeness (QED) is 0.124. The lowest BCUT2D eigenvalue weighted by Gasteiger charge is -2.30. The number of carbonyl (C=O) groups excluding carboxylic acids is 3. The summed E-state index contributed by atoms with van der Waals surface area (Å²) < 4.78 is 18.4. The van der Waals surface area contributed by atoms with Gasteiger partial charge in [-0.25, -0.2) is 4.79 Å². The van der Waals surface area contributed by atoms with Crippen LogP contribution in [0.25, 0.3) is 0 Å². The summed E-state index contributed by atoms with van der Waals surface area (Å²) in [5.74, 6) is 1.00. The molecule has 0 bridgehead atoms. The zero-order valence-electron chi connectivity index (χ0n) is 25.6. The highest BCUT2D eigenvalue weighted by molar-refractivity contribution is 9.10. The topological polar surface area (TPSA) is 139 Å². The molecule has 0 spiro atoms. The van der Waals surface area contributed by atoms with Crippen LogP contribution in [0.5, 0.6) is 23.0 Å². The Bertz CT molecular complexity index is 1510. The molecule has 0 atom stereocenters. The zero-order chi connectivity index (χ0) is 32.6. The highest BCUT2D eigenvalue weighted by Crippen LogP contribution is 2.31. The number of hydrazone groups is 1. The van der Waals surface area contributed by atoms with E-state index in [1.807, 2.05) is 32.9 Å². The van der Waals surface area contributed by atoms with Crippen molar-refractivity contribution in [2.24, 2.45) is 5.10 Å². The molecule has 0 aliphatic heterocycles. The van der Waals surface area contributed by atoms with E-state index in [-0.39, 0.29) is 23.2 Å². The Labute approximate surface area is 270 Å². The van der Waals surface area contributed by atoms with Crippen LogP contribution in [0.3, 0.4) is 0 Å². The maximum Gasteiger partial charge on any atom is 0.407 e. The molecule has 1 aliphatic rings. The number of hydrogen-bond donors (Lipinski definition) is 3. The molecule has 1 fully saturated rings. The van der Waals surface area contributed by atoms with E-state index in [9.17, 15) is 19.6 Å². The van der Waals surface area contributed by atoms with E-state index in [2.05, 4.69) is 31.7 Å². The lowest BCUT2D eigenvalue weighted by molar-refractivity contribution is -0.162. The average molecular weight is 682 g/mol. The molecular formula is C33H37BrN4O7. The van der Waals surface area contributed by atoms with Gasteiger partial charge in [-0.15, -0.1) is 5.17 Å². The van der Waals surface area contributed by atoms with Crippen LogP contribution < -0.4 is 20.1 Å². The van der Waals surface area contributed by atoms with E-state index in [1.165, 1.54) is 13.1 Å². The number of carbonyl (C=O) groups is 3. The first-order valence-electron chi connectivity index (χ1n) is 14.5. The second-order valence-electron chi connectivity index (χ2n) is 11.6. The van der Waals surface area contributed by atoms with Gasteiger partial charge >= 0.3 is 6.09 Å². The summed E-state index contributed by atoms with van der Waals surface area (Å²) in [6.07, 6.45) is 3.76. The predicted octanol–water partition coefficient (Wildman–Crippen LogP) is 7.17. The van der Waals surface area contributed by atoms with Crippen LogP contribution in [0, 0.1) is 0 Å². The number of alkyl carbamates (subject to hydrolysis) is 1. The fourth-order valence-corrected chi connectivity index (χ4v) is 4.81. The first kappa shape index (κ1) is 33.5. The molecular weight excluding hydrogens is 644 g/mol. The molecule has 1 aliphatic carbocycles. The predicted molar refractivity (Wildman–Crippen MR) is 172 cm³/mol. The molecule has 45 heavy (non-hydrogen) atoms. The number of halogens is 1. The van der Waals surface area contributed by atoms with E-state index < -0.39 is 17.6 Å². The second-order valence-corrected chi connectivity index (χ2v) is 12.6. The van der Waals surface area contributed by atoms with Gasteiger partial charge in [0.05, 0.1) is 6.21 Å². The molecule has 3 aromatic carbocycles. The third-order valence-electron chi connectivity index (χ3n) is 6.69. The molecule has 3 aromatic rings. The SMILES string of the molecule is CC(=O)N(O)N=Cc1ccc(Oc2cc(Oc3ccc(Br)cc3)cc(C(=O)NC3CCC(NC(=O)OC(C)(C)C)CC3)c2)cc1. The molecule has 4 rings (SSSR count). The fourth-order valence-electron chi connectivity index (χ4n) is 4.55. The Kier molecular flexibility index (Phi) is 11.2. The van der Waals surface area contributed by atoms with Gasteiger partial charge in [0.25, 0.3) is 11.8 Å². The number of nitrogens with one attached hydrogen (secondary N) is 2. The van der Waals surface area contributed by atoms with Crippen LogP contribution >= 0.6 is 15.9 Å². The average Bonchev–Trinajstić information content (AvgIpc) is 2.97. The monoisotopic (exact) mass is 680 g/mol. The van der Waals surface area contributed by atoms with Gasteiger partial charge < -0.3 is 24.8 Å². The third-order valence-corrected chi connectivity index (χ3v) is 7.22. The Morgan fingerprint density at radius 3 is 1.87 bits per heavy atom. The van der Waals surface area contributed by atoms with Crippen LogP contribution in [0.4, 0.5) is 4.79 Å². The Hall–Kier alpha value is -4.42. The molecule has 0 unspecified atom stereocenters. The van der Waals surface area contributed by atoms with Crippen molar-refractivity contribution in [2.75, 3.05) is 0 Å². The summed E-state index contributed by atoms with van der Waals surface area (Å²) in [5, 5.41) is 19.4. The summed E-state index contributed by atoms with van der Waals surface area (Å²) in [7, 11) is 0. The zero-order valence-corrected chi connectivity index (χ0v) is 27.2. The minimum absolute atomic E-state index is 0.00925. The maximum absolute atomic E-state index is 13.4. The fraction of sp³-hybridized carbons (Fsp3) is 0.333. The summed E-state index contributed by atoms with van der Waals surface area (Å²) in [5.41, 5.74) is 0.432. The molecule has 238 valence electrons. The van der Waals surface area contributed by atoms with Crippen molar-refractivity contribution in [3.63, 3.8) is 0 Å². The Balaban J connectivity index is 1.45. The highest BCUT2D eigenvalue weighted by atomic mass is 79.9. The molecule has 0 saturated heterocycles. The number of benzene rings is 3. The lowest BCUT2D eigenvalue weighted by atomic mass is 9.91. The minimum atomic E-state index is -0.612. The number of rotatable bonds is 9. The molecule has 0 radical (unpaired) electrons. The van der Waals surface area contributed by atoms with Gasteiger partial charge in [-0.3, -0.25) is 14.8 Å². The molecule has 3 N–H and O–H groups in total. The summed E-state index contributed by atoms with van der Waals surface area (Å²) in [6, 6.07) is 19.1. The Morgan fingerprint density at radius 2 is 1.36 bits per heavy atom. The van der Waals surface area contributed by atoms with Gasteiger partial charge in [0.1, 0.15) is 28.6 Å². The highest BCUT2D eigenvalue weighted by Gasteiger charge is 2.26. The molecule has 12 heteroatoms. The van der Waals surface area contributed by atoms with Crippen molar-refractivity contribution in [1.29, 1.82) is 0 Å². The van der Waals surface area contributed by atoms with Crippen LogP contribution in [-0.4, -0.2) is 52.2 Å². The van der Waals surface area contributed by atoms with Crippen molar-refractivity contribution in [1.82, 2.24) is 15.8 Å². The van der Waals surface area contributed by atoms with Gasteiger partial charge in [0.15, 0.2) is 0 Å². The van der Waals surface area contributed by atoms with Crippen LogP contribution in [-0.2, 0) is 9.53 Å². The van der Waals surface area contributed by atoms with E-state index in [0.717, 1.165) is 17.3 Å². The maximum atomic E-state index is 13.4. The van der Waals surface area contributed by atoms with Gasteiger partial charge in [-0.2, -0.15) is 5.10 Å². The van der Waals surface area contributed by atoms with E-state index in [1.54, 1.807) is 54.6 Å². The smallest absolute Gasteiger partial charge is 0.407 e. The third kappa shape index (κ3) is 10.9. The van der Waals surface area contributed by atoms with Gasteiger partial charge in [-0.05, 0) is 113 Å².